The van der Waals surface area contributed by atoms with E-state index >= 15 is 0 Å². The Morgan fingerprint density at radius 3 is 3.00 bits per heavy atom. The highest BCUT2D eigenvalue weighted by Gasteiger charge is 2.13. The lowest BCUT2D eigenvalue weighted by Crippen LogP contribution is -2.00. The first kappa shape index (κ1) is 10.9. The first-order valence-corrected chi connectivity index (χ1v) is 6.20. The van der Waals surface area contributed by atoms with Crippen molar-refractivity contribution in [3.8, 4) is 0 Å². The zero-order valence-corrected chi connectivity index (χ0v) is 10.6. The molecule has 80 valence electrons. The third kappa shape index (κ3) is 2.48. The minimum Gasteiger partial charge on any atom is -0.387 e. The van der Waals surface area contributed by atoms with Gasteiger partial charge in [0.05, 0.1) is 9.89 Å². The second-order valence-corrected chi connectivity index (χ2v) is 5.76. The first-order valence-electron chi connectivity index (χ1n) is 4.59. The van der Waals surface area contributed by atoms with Crippen LogP contribution in [0.15, 0.2) is 22.2 Å². The molecular formula is C10H11BrN2OS. The molecule has 0 radical (unpaired) electrons. The number of halogens is 1. The molecule has 2 heterocycles. The number of rotatable bonds is 3. The number of aliphatic hydroxyl groups is 1. The third-order valence-electron chi connectivity index (χ3n) is 2.15. The van der Waals surface area contributed by atoms with Crippen LogP contribution in [-0.4, -0.2) is 15.1 Å². The number of nitrogens with zero attached hydrogens (tertiary/aromatic N) is 1. The van der Waals surface area contributed by atoms with Crippen molar-refractivity contribution in [1.29, 1.82) is 0 Å². The molecule has 2 aromatic rings. The molecule has 0 amide bonds. The largest absolute Gasteiger partial charge is 0.387 e. The van der Waals surface area contributed by atoms with Gasteiger partial charge in [-0.05, 0) is 34.5 Å². The summed E-state index contributed by atoms with van der Waals surface area (Å²) in [5.41, 5.74) is 1.16. The summed E-state index contributed by atoms with van der Waals surface area (Å²) in [5.74, 6) is 0.810. The number of thiophene rings is 1. The lowest BCUT2D eigenvalue weighted by atomic mass is 10.2. The number of imidazole rings is 1. The standard InChI is InChI=1S/C10H11BrN2OS/c1-6-4-8(15-10(6)11)7(14)5-9-12-2-3-13-9/h2-4,7,14H,5H2,1H3,(H,12,13). The number of nitrogens with one attached hydrogen (secondary N) is 1. The lowest BCUT2D eigenvalue weighted by molar-refractivity contribution is 0.180. The molecule has 0 aliphatic rings. The normalized spacial score (nSPS) is 13.0. The third-order valence-corrected chi connectivity index (χ3v) is 4.38. The summed E-state index contributed by atoms with van der Waals surface area (Å²) in [6.07, 6.45) is 3.50. The van der Waals surface area contributed by atoms with Crippen molar-refractivity contribution in [1.82, 2.24) is 9.97 Å². The maximum Gasteiger partial charge on any atom is 0.108 e. The molecule has 2 rings (SSSR count). The summed E-state index contributed by atoms with van der Waals surface area (Å²) in [6, 6.07) is 2.00. The van der Waals surface area contributed by atoms with Crippen molar-refractivity contribution in [3.63, 3.8) is 0 Å². The summed E-state index contributed by atoms with van der Waals surface area (Å²) < 4.78 is 1.08. The van der Waals surface area contributed by atoms with Gasteiger partial charge in [-0.25, -0.2) is 4.98 Å². The van der Waals surface area contributed by atoms with Crippen LogP contribution >= 0.6 is 27.3 Å². The quantitative estimate of drug-likeness (QED) is 0.912. The Balaban J connectivity index is 2.11. The van der Waals surface area contributed by atoms with Crippen LogP contribution in [0.25, 0.3) is 0 Å². The summed E-state index contributed by atoms with van der Waals surface area (Å²) >= 11 is 5.02. The van der Waals surface area contributed by atoms with Gasteiger partial charge in [0.2, 0.25) is 0 Å². The molecule has 2 N–H and O–H groups in total. The van der Waals surface area contributed by atoms with Gasteiger partial charge in [0.25, 0.3) is 0 Å². The van der Waals surface area contributed by atoms with Crippen LogP contribution in [0.1, 0.15) is 22.4 Å². The van der Waals surface area contributed by atoms with Gasteiger partial charge in [0.1, 0.15) is 5.82 Å². The number of hydrogen-bond donors (Lipinski definition) is 2. The van der Waals surface area contributed by atoms with Crippen molar-refractivity contribution in [2.45, 2.75) is 19.4 Å². The molecule has 0 saturated heterocycles. The molecule has 0 fully saturated rings. The predicted octanol–water partition coefficient (Wildman–Crippen LogP) is 2.82. The Kier molecular flexibility index (Phi) is 3.23. The van der Waals surface area contributed by atoms with Crippen molar-refractivity contribution in [2.24, 2.45) is 0 Å². The predicted molar refractivity (Wildman–Crippen MR) is 64.0 cm³/mol. The Bertz CT molecular complexity index is 419. The zero-order valence-electron chi connectivity index (χ0n) is 8.20. The average Bonchev–Trinajstić information content (AvgIpc) is 2.78. The highest BCUT2D eigenvalue weighted by molar-refractivity contribution is 9.11. The number of aliphatic hydroxyl groups excluding tert-OH is 1. The van der Waals surface area contributed by atoms with E-state index in [1.54, 1.807) is 23.7 Å². The second kappa shape index (κ2) is 4.47. The van der Waals surface area contributed by atoms with Crippen LogP contribution < -0.4 is 0 Å². The molecule has 5 heteroatoms. The van der Waals surface area contributed by atoms with E-state index in [1.807, 2.05) is 13.0 Å². The summed E-state index contributed by atoms with van der Waals surface area (Å²) in [5, 5.41) is 9.96. The smallest absolute Gasteiger partial charge is 0.108 e. The minimum atomic E-state index is -0.480. The maximum atomic E-state index is 9.96. The number of aryl methyl sites for hydroxylation is 1. The fourth-order valence-corrected chi connectivity index (χ4v) is 2.90. The van der Waals surface area contributed by atoms with Crippen LogP contribution in [0.2, 0.25) is 0 Å². The van der Waals surface area contributed by atoms with Crippen molar-refractivity contribution in [3.05, 3.63) is 38.5 Å². The summed E-state index contributed by atoms with van der Waals surface area (Å²) in [7, 11) is 0. The molecule has 0 spiro atoms. The number of aromatic nitrogens is 2. The lowest BCUT2D eigenvalue weighted by Gasteiger charge is -2.05. The van der Waals surface area contributed by atoms with Crippen molar-refractivity contribution in [2.75, 3.05) is 0 Å². The van der Waals surface area contributed by atoms with E-state index in [4.69, 9.17) is 0 Å². The van der Waals surface area contributed by atoms with Crippen molar-refractivity contribution >= 4 is 27.3 Å². The topological polar surface area (TPSA) is 48.9 Å². The van der Waals surface area contributed by atoms with Crippen LogP contribution in [0.3, 0.4) is 0 Å². The molecule has 0 saturated carbocycles. The van der Waals surface area contributed by atoms with Crippen LogP contribution in [-0.2, 0) is 6.42 Å². The van der Waals surface area contributed by atoms with Gasteiger partial charge in [0, 0.05) is 23.7 Å². The molecule has 15 heavy (non-hydrogen) atoms. The molecule has 1 atom stereocenters. The molecule has 2 aromatic heterocycles. The average molecular weight is 287 g/mol. The van der Waals surface area contributed by atoms with E-state index in [9.17, 15) is 5.11 Å². The van der Waals surface area contributed by atoms with Gasteiger partial charge >= 0.3 is 0 Å². The Labute approximate surface area is 100 Å². The summed E-state index contributed by atoms with van der Waals surface area (Å²) in [6.45, 7) is 2.02. The second-order valence-electron chi connectivity index (χ2n) is 3.36. The Morgan fingerprint density at radius 2 is 2.47 bits per heavy atom. The van der Waals surface area contributed by atoms with Gasteiger partial charge in [-0.2, -0.15) is 0 Å². The van der Waals surface area contributed by atoms with Crippen LogP contribution in [0.5, 0.6) is 0 Å². The minimum absolute atomic E-state index is 0.480. The highest BCUT2D eigenvalue weighted by atomic mass is 79.9. The molecular weight excluding hydrogens is 276 g/mol. The molecule has 0 aliphatic heterocycles. The van der Waals surface area contributed by atoms with E-state index in [1.165, 1.54) is 0 Å². The molecule has 0 bridgehead atoms. The van der Waals surface area contributed by atoms with Crippen LogP contribution in [0, 0.1) is 6.92 Å². The fraction of sp³-hybridized carbons (Fsp3) is 0.300. The number of H-pyrrole nitrogens is 1. The maximum absolute atomic E-state index is 9.96. The highest BCUT2D eigenvalue weighted by Crippen LogP contribution is 2.32. The zero-order chi connectivity index (χ0) is 10.8. The van der Waals surface area contributed by atoms with E-state index in [-0.39, 0.29) is 0 Å². The van der Waals surface area contributed by atoms with Gasteiger partial charge in [0.15, 0.2) is 0 Å². The number of hydrogen-bond acceptors (Lipinski definition) is 3. The molecule has 3 nitrogen and oxygen atoms in total. The van der Waals surface area contributed by atoms with E-state index in [2.05, 4.69) is 25.9 Å². The molecule has 0 aromatic carbocycles. The van der Waals surface area contributed by atoms with Gasteiger partial charge in [-0.1, -0.05) is 0 Å². The Hall–Kier alpha value is -0.650. The monoisotopic (exact) mass is 286 g/mol. The van der Waals surface area contributed by atoms with Gasteiger partial charge in [-0.3, -0.25) is 0 Å². The van der Waals surface area contributed by atoms with E-state index in [0.717, 1.165) is 20.1 Å². The molecule has 0 aliphatic carbocycles. The summed E-state index contributed by atoms with van der Waals surface area (Å²) in [4.78, 5) is 8.04. The van der Waals surface area contributed by atoms with Gasteiger partial charge in [-0.15, -0.1) is 11.3 Å². The number of aromatic amines is 1. The first-order chi connectivity index (χ1) is 7.16. The fourth-order valence-electron chi connectivity index (χ4n) is 1.34. The molecule has 1 unspecified atom stereocenters. The van der Waals surface area contributed by atoms with Gasteiger partial charge < -0.3 is 10.1 Å². The Morgan fingerprint density at radius 1 is 1.67 bits per heavy atom. The van der Waals surface area contributed by atoms with E-state index < -0.39 is 6.10 Å². The SMILES string of the molecule is Cc1cc(C(O)Cc2ncc[nH]2)sc1Br. The van der Waals surface area contributed by atoms with Crippen molar-refractivity contribution < 1.29 is 5.11 Å². The van der Waals surface area contributed by atoms with Crippen LogP contribution in [0.4, 0.5) is 0 Å². The van der Waals surface area contributed by atoms with E-state index in [0.29, 0.717) is 6.42 Å².